The van der Waals surface area contributed by atoms with E-state index in [1.54, 1.807) is 28.4 Å². The molecule has 0 spiro atoms. The fourth-order valence-electron chi connectivity index (χ4n) is 9.88. The van der Waals surface area contributed by atoms with Crippen molar-refractivity contribution in [3.8, 4) is 45.5 Å². The molecule has 0 aliphatic carbocycles. The number of aromatic nitrogens is 2. The first-order valence-electron chi connectivity index (χ1n) is 20.8. The van der Waals surface area contributed by atoms with Crippen LogP contribution in [0, 0.1) is 0 Å². The van der Waals surface area contributed by atoms with E-state index >= 15 is 0 Å². The van der Waals surface area contributed by atoms with Gasteiger partial charge in [-0.05, 0) is 151 Å². The summed E-state index contributed by atoms with van der Waals surface area (Å²) in [5.74, 6) is 3.34. The van der Waals surface area contributed by atoms with Gasteiger partial charge in [-0.25, -0.2) is 0 Å². The highest BCUT2D eigenvalue weighted by molar-refractivity contribution is 6.30. The van der Waals surface area contributed by atoms with E-state index in [1.165, 1.54) is 43.1 Å². The van der Waals surface area contributed by atoms with Crippen LogP contribution in [0.1, 0.15) is 0 Å². The first kappa shape index (κ1) is 35.9. The van der Waals surface area contributed by atoms with Crippen molar-refractivity contribution in [3.05, 3.63) is 170 Å². The van der Waals surface area contributed by atoms with Crippen LogP contribution in [0.3, 0.4) is 0 Å². The SMILES string of the molecule is COc1ccc2ccc3c(c2c1)c1c2cc(OC)ccc2ccc1n3-c1ccc(-c2ccc(-n3c4ccc5ccc(OC)cc5c4c4c5cc(OC)ccc5ccc43)cc2)cc1. The topological polar surface area (TPSA) is 46.8 Å². The zero-order valence-corrected chi connectivity index (χ0v) is 34.7. The Labute approximate surface area is 357 Å². The Morgan fingerprint density at radius 2 is 0.516 bits per heavy atom. The van der Waals surface area contributed by atoms with Crippen LogP contribution < -0.4 is 18.9 Å². The van der Waals surface area contributed by atoms with Gasteiger partial charge < -0.3 is 28.1 Å². The van der Waals surface area contributed by atoms with E-state index in [9.17, 15) is 0 Å². The maximum atomic E-state index is 5.73. The summed E-state index contributed by atoms with van der Waals surface area (Å²) in [5, 5.41) is 14.1. The second-order valence-electron chi connectivity index (χ2n) is 16.0. The molecule has 6 heteroatoms. The largest absolute Gasteiger partial charge is 0.497 e. The Morgan fingerprint density at radius 3 is 0.758 bits per heavy atom. The molecule has 0 radical (unpaired) electrons. The lowest BCUT2D eigenvalue weighted by Gasteiger charge is -2.12. The molecule has 10 aromatic carbocycles. The molecule has 2 aromatic heterocycles. The molecule has 0 saturated heterocycles. The van der Waals surface area contributed by atoms with Gasteiger partial charge in [-0.2, -0.15) is 0 Å². The molecule has 0 atom stereocenters. The van der Waals surface area contributed by atoms with Crippen LogP contribution in [0.15, 0.2) is 170 Å². The van der Waals surface area contributed by atoms with Crippen molar-refractivity contribution in [3.63, 3.8) is 0 Å². The van der Waals surface area contributed by atoms with Gasteiger partial charge in [0.1, 0.15) is 23.0 Å². The smallest absolute Gasteiger partial charge is 0.119 e. The van der Waals surface area contributed by atoms with E-state index in [0.717, 1.165) is 89.1 Å². The molecular formula is C56H40N2O4. The van der Waals surface area contributed by atoms with Crippen LogP contribution in [0.4, 0.5) is 0 Å². The Bertz CT molecular complexity index is 3330. The molecule has 0 bridgehead atoms. The van der Waals surface area contributed by atoms with E-state index < -0.39 is 0 Å². The highest BCUT2D eigenvalue weighted by Crippen LogP contribution is 2.44. The molecule has 2 heterocycles. The third kappa shape index (κ3) is 5.29. The fraction of sp³-hybridized carbons (Fsp3) is 0.0714. The van der Waals surface area contributed by atoms with Crippen LogP contribution in [0.5, 0.6) is 23.0 Å². The molecule has 0 aliphatic heterocycles. The van der Waals surface area contributed by atoms with Crippen LogP contribution >= 0.6 is 0 Å². The summed E-state index contributed by atoms with van der Waals surface area (Å²) in [6.45, 7) is 0. The number of hydrogen-bond donors (Lipinski definition) is 0. The van der Waals surface area contributed by atoms with E-state index in [-0.39, 0.29) is 0 Å². The Morgan fingerprint density at radius 1 is 0.274 bits per heavy atom. The van der Waals surface area contributed by atoms with Gasteiger partial charge in [0, 0.05) is 32.9 Å². The maximum absolute atomic E-state index is 5.73. The number of benzene rings is 10. The zero-order chi connectivity index (χ0) is 41.6. The predicted molar refractivity (Wildman–Crippen MR) is 257 cm³/mol. The number of nitrogens with zero attached hydrogens (tertiary/aromatic N) is 2. The van der Waals surface area contributed by atoms with Crippen LogP contribution in [-0.2, 0) is 0 Å². The van der Waals surface area contributed by atoms with Crippen molar-refractivity contribution in [2.24, 2.45) is 0 Å². The van der Waals surface area contributed by atoms with E-state index in [4.69, 9.17) is 18.9 Å². The highest BCUT2D eigenvalue weighted by Gasteiger charge is 2.20. The van der Waals surface area contributed by atoms with Gasteiger partial charge in [-0.1, -0.05) is 72.8 Å². The summed E-state index contributed by atoms with van der Waals surface area (Å²) in [5.41, 5.74) is 9.01. The van der Waals surface area contributed by atoms with E-state index in [1.807, 2.05) is 24.3 Å². The van der Waals surface area contributed by atoms with Crippen LogP contribution in [-0.4, -0.2) is 37.6 Å². The van der Waals surface area contributed by atoms with E-state index in [0.29, 0.717) is 0 Å². The summed E-state index contributed by atoms with van der Waals surface area (Å²) in [7, 11) is 6.90. The zero-order valence-electron chi connectivity index (χ0n) is 34.7. The molecule has 0 saturated carbocycles. The summed E-state index contributed by atoms with van der Waals surface area (Å²) in [6.07, 6.45) is 0. The minimum absolute atomic E-state index is 0.834. The molecule has 12 rings (SSSR count). The van der Waals surface area contributed by atoms with Gasteiger partial charge in [0.2, 0.25) is 0 Å². The fourth-order valence-corrected chi connectivity index (χ4v) is 9.88. The van der Waals surface area contributed by atoms with Gasteiger partial charge in [0.25, 0.3) is 0 Å². The Hall–Kier alpha value is -7.96. The summed E-state index contributed by atoms with van der Waals surface area (Å²) in [6, 6.07) is 61.0. The minimum Gasteiger partial charge on any atom is -0.497 e. The number of fused-ring (bicyclic) bond motifs is 14. The average Bonchev–Trinajstić information content (AvgIpc) is 3.87. The standard InChI is InChI=1S/C56H40N2O4/c1-59-41-21-9-35-13-25-49-53(45(35)29-41)54-46-30-42(60-2)22-10-36(46)14-26-50(54)57(49)39-17-5-33(6-18-39)34-7-19-40(20-8-34)58-51-27-15-37-11-23-43(61-3)31-47(37)55(51)56-48-32-44(62-4)24-12-38(48)16-28-52(56)58/h5-32H,1-4H3. The van der Waals surface area contributed by atoms with Crippen LogP contribution in [0.2, 0.25) is 0 Å². The molecule has 12 aromatic rings. The highest BCUT2D eigenvalue weighted by atomic mass is 16.5. The molecule has 0 aliphatic rings. The number of rotatable bonds is 7. The van der Waals surface area contributed by atoms with Gasteiger partial charge in [-0.3, -0.25) is 0 Å². The number of ether oxygens (including phenoxy) is 4. The quantitative estimate of drug-likeness (QED) is 0.161. The molecule has 6 nitrogen and oxygen atoms in total. The molecule has 0 unspecified atom stereocenters. The lowest BCUT2D eigenvalue weighted by atomic mass is 9.99. The minimum atomic E-state index is 0.834. The second kappa shape index (κ2) is 13.8. The Kier molecular flexibility index (Phi) is 8.00. The lowest BCUT2D eigenvalue weighted by Crippen LogP contribution is -1.95. The summed E-state index contributed by atoms with van der Waals surface area (Å²) in [4.78, 5) is 0. The Balaban J connectivity index is 0.999. The summed E-state index contributed by atoms with van der Waals surface area (Å²) >= 11 is 0. The normalized spacial score (nSPS) is 11.9. The third-order valence-corrected chi connectivity index (χ3v) is 12.9. The van der Waals surface area contributed by atoms with Crippen molar-refractivity contribution >= 4 is 86.7 Å². The second-order valence-corrected chi connectivity index (χ2v) is 16.0. The molecule has 0 N–H and O–H groups in total. The molecule has 298 valence electrons. The van der Waals surface area contributed by atoms with Gasteiger partial charge in [-0.15, -0.1) is 0 Å². The molecular weight excluding hydrogens is 765 g/mol. The monoisotopic (exact) mass is 804 g/mol. The predicted octanol–water partition coefficient (Wildman–Crippen LogP) is 14.2. The van der Waals surface area contributed by atoms with Gasteiger partial charge in [0.15, 0.2) is 0 Å². The summed E-state index contributed by atoms with van der Waals surface area (Å²) < 4.78 is 27.7. The van der Waals surface area contributed by atoms with Gasteiger partial charge >= 0.3 is 0 Å². The third-order valence-electron chi connectivity index (χ3n) is 12.9. The van der Waals surface area contributed by atoms with Gasteiger partial charge in [0.05, 0.1) is 50.5 Å². The number of methoxy groups -OCH3 is 4. The molecule has 0 amide bonds. The van der Waals surface area contributed by atoms with E-state index in [2.05, 4.69) is 155 Å². The van der Waals surface area contributed by atoms with Crippen molar-refractivity contribution in [2.75, 3.05) is 28.4 Å². The first-order chi connectivity index (χ1) is 30.5. The number of hydrogen-bond acceptors (Lipinski definition) is 4. The van der Waals surface area contributed by atoms with Crippen LogP contribution in [0.25, 0.3) is 109 Å². The lowest BCUT2D eigenvalue weighted by molar-refractivity contribution is 0.415. The average molecular weight is 805 g/mol. The van der Waals surface area contributed by atoms with Crippen molar-refractivity contribution < 1.29 is 18.9 Å². The first-order valence-corrected chi connectivity index (χ1v) is 20.8. The van der Waals surface area contributed by atoms with Crippen molar-refractivity contribution in [1.82, 2.24) is 9.13 Å². The molecule has 62 heavy (non-hydrogen) atoms. The van der Waals surface area contributed by atoms with Crippen molar-refractivity contribution in [1.29, 1.82) is 0 Å². The maximum Gasteiger partial charge on any atom is 0.119 e. The molecule has 0 fully saturated rings. The van der Waals surface area contributed by atoms with Crippen molar-refractivity contribution in [2.45, 2.75) is 0 Å².